The number of carbonyl (C=O) groups is 2. The van der Waals surface area contributed by atoms with Crippen molar-refractivity contribution in [3.05, 3.63) is 70.8 Å². The monoisotopic (exact) mass is 409 g/mol. The molecule has 2 aromatic rings. The summed E-state index contributed by atoms with van der Waals surface area (Å²) < 4.78 is 16.0. The summed E-state index contributed by atoms with van der Waals surface area (Å²) in [6, 6.07) is 11.3. The molecule has 6 heteroatoms. The number of benzene rings is 2. The number of ether oxygens (including phenoxy) is 3. The molecule has 0 spiro atoms. The SMILES string of the molecule is C=C(C)CCc1c(OC)cc(/C=C/c2ccccc2)c(C(=O)OC)c1OC(=O)CN. The highest BCUT2D eigenvalue weighted by Crippen LogP contribution is 2.38. The zero-order valence-corrected chi connectivity index (χ0v) is 17.6. The third-order valence-electron chi connectivity index (χ3n) is 4.42. The van der Waals surface area contributed by atoms with Crippen LogP contribution < -0.4 is 15.2 Å². The molecule has 0 saturated carbocycles. The third-order valence-corrected chi connectivity index (χ3v) is 4.42. The van der Waals surface area contributed by atoms with Crippen LogP contribution in [0, 0.1) is 0 Å². The Labute approximate surface area is 176 Å². The molecular formula is C24H27NO5. The van der Waals surface area contributed by atoms with Gasteiger partial charge in [-0.05, 0) is 37.0 Å². The average Bonchev–Trinajstić information content (AvgIpc) is 2.76. The van der Waals surface area contributed by atoms with Crippen molar-refractivity contribution in [2.24, 2.45) is 5.73 Å². The summed E-state index contributed by atoms with van der Waals surface area (Å²) in [4.78, 5) is 24.7. The quantitative estimate of drug-likeness (QED) is 0.291. The van der Waals surface area contributed by atoms with Gasteiger partial charge in [-0.1, -0.05) is 48.1 Å². The fraction of sp³-hybridized carbons (Fsp3) is 0.250. The van der Waals surface area contributed by atoms with Gasteiger partial charge in [-0.2, -0.15) is 0 Å². The third kappa shape index (κ3) is 5.81. The Kier molecular flexibility index (Phi) is 8.38. The largest absolute Gasteiger partial charge is 0.496 e. The molecule has 0 bridgehead atoms. The highest BCUT2D eigenvalue weighted by Gasteiger charge is 2.26. The van der Waals surface area contributed by atoms with Crippen LogP contribution in [-0.2, 0) is 16.0 Å². The van der Waals surface area contributed by atoms with Gasteiger partial charge in [0.25, 0.3) is 0 Å². The molecule has 2 N–H and O–H groups in total. The van der Waals surface area contributed by atoms with E-state index in [1.807, 2.05) is 43.3 Å². The summed E-state index contributed by atoms with van der Waals surface area (Å²) >= 11 is 0. The van der Waals surface area contributed by atoms with Gasteiger partial charge in [0, 0.05) is 5.56 Å². The maximum absolute atomic E-state index is 12.7. The van der Waals surface area contributed by atoms with Crippen molar-refractivity contribution in [3.8, 4) is 11.5 Å². The standard InChI is InChI=1S/C24H27NO5/c1-16(2)10-13-19-20(28-3)14-18(12-11-17-8-6-5-7-9-17)22(24(27)29-4)23(19)30-21(26)15-25/h5-9,11-12,14H,1,10,13,15,25H2,2-4H3/b12-11+. The maximum Gasteiger partial charge on any atom is 0.342 e. The van der Waals surface area contributed by atoms with Crippen molar-refractivity contribution in [2.75, 3.05) is 20.8 Å². The molecule has 0 aliphatic heterocycles. The molecule has 0 fully saturated rings. The molecule has 0 heterocycles. The van der Waals surface area contributed by atoms with Crippen molar-refractivity contribution in [1.29, 1.82) is 0 Å². The van der Waals surface area contributed by atoms with Gasteiger partial charge in [0.2, 0.25) is 0 Å². The Hall–Kier alpha value is -3.38. The normalized spacial score (nSPS) is 10.7. The van der Waals surface area contributed by atoms with Crippen LogP contribution in [0.3, 0.4) is 0 Å². The van der Waals surface area contributed by atoms with Gasteiger partial charge in [0.05, 0.1) is 20.8 Å². The minimum absolute atomic E-state index is 0.102. The van der Waals surface area contributed by atoms with Gasteiger partial charge in [0.1, 0.15) is 11.3 Å². The van der Waals surface area contributed by atoms with Crippen molar-refractivity contribution in [3.63, 3.8) is 0 Å². The van der Waals surface area contributed by atoms with E-state index in [9.17, 15) is 9.59 Å². The van der Waals surface area contributed by atoms with Crippen molar-refractivity contribution in [2.45, 2.75) is 19.8 Å². The molecule has 0 aliphatic carbocycles. The van der Waals surface area contributed by atoms with Gasteiger partial charge in [-0.15, -0.1) is 6.58 Å². The molecule has 0 aromatic heterocycles. The minimum Gasteiger partial charge on any atom is -0.496 e. The molecule has 2 rings (SSSR count). The number of hydrogen-bond donors (Lipinski definition) is 1. The van der Waals surface area contributed by atoms with Crippen LogP contribution >= 0.6 is 0 Å². The molecule has 6 nitrogen and oxygen atoms in total. The summed E-state index contributed by atoms with van der Waals surface area (Å²) in [6.07, 6.45) is 4.71. The highest BCUT2D eigenvalue weighted by molar-refractivity contribution is 5.99. The molecule has 0 aliphatic rings. The molecule has 0 amide bonds. The van der Waals surface area contributed by atoms with Crippen LogP contribution in [0.5, 0.6) is 11.5 Å². The van der Waals surface area contributed by atoms with Crippen molar-refractivity contribution >= 4 is 24.1 Å². The Morgan fingerprint density at radius 3 is 2.40 bits per heavy atom. The molecule has 0 radical (unpaired) electrons. The van der Waals surface area contributed by atoms with E-state index in [2.05, 4.69) is 6.58 Å². The number of rotatable bonds is 9. The van der Waals surface area contributed by atoms with E-state index in [0.29, 0.717) is 29.7 Å². The van der Waals surface area contributed by atoms with Gasteiger partial charge >= 0.3 is 11.9 Å². The number of methoxy groups -OCH3 is 2. The first-order chi connectivity index (χ1) is 14.4. The number of nitrogens with two attached hydrogens (primary N) is 1. The second kappa shape index (κ2) is 11.0. The molecule has 30 heavy (non-hydrogen) atoms. The number of carbonyl (C=O) groups excluding carboxylic acids is 2. The van der Waals surface area contributed by atoms with E-state index in [1.165, 1.54) is 14.2 Å². The second-order valence-corrected chi connectivity index (χ2v) is 6.72. The fourth-order valence-corrected chi connectivity index (χ4v) is 2.91. The van der Waals surface area contributed by atoms with Crippen LogP contribution in [0.4, 0.5) is 0 Å². The summed E-state index contributed by atoms with van der Waals surface area (Å²) in [5.41, 5.74) is 8.56. The van der Waals surface area contributed by atoms with E-state index in [1.54, 1.807) is 12.1 Å². The lowest BCUT2D eigenvalue weighted by Crippen LogP contribution is -2.22. The summed E-state index contributed by atoms with van der Waals surface area (Å²) in [7, 11) is 2.80. The molecule has 0 atom stereocenters. The Balaban J connectivity index is 2.72. The van der Waals surface area contributed by atoms with Crippen LogP contribution in [0.25, 0.3) is 12.2 Å². The van der Waals surface area contributed by atoms with Crippen molar-refractivity contribution in [1.82, 2.24) is 0 Å². The van der Waals surface area contributed by atoms with Gasteiger partial charge in [0.15, 0.2) is 5.75 Å². The summed E-state index contributed by atoms with van der Waals surface area (Å²) in [5.74, 6) is -0.688. The zero-order chi connectivity index (χ0) is 22.1. The Bertz CT molecular complexity index is 948. The van der Waals surface area contributed by atoms with Crippen LogP contribution in [-0.4, -0.2) is 32.7 Å². The van der Waals surface area contributed by atoms with E-state index < -0.39 is 11.9 Å². The summed E-state index contributed by atoms with van der Waals surface area (Å²) in [6.45, 7) is 5.49. The average molecular weight is 409 g/mol. The smallest absolute Gasteiger partial charge is 0.342 e. The number of hydrogen-bond acceptors (Lipinski definition) is 6. The van der Waals surface area contributed by atoms with E-state index >= 15 is 0 Å². The maximum atomic E-state index is 12.7. The van der Waals surface area contributed by atoms with Crippen LogP contribution in [0.1, 0.15) is 40.4 Å². The number of allylic oxidation sites excluding steroid dienone is 1. The molecule has 158 valence electrons. The lowest BCUT2D eigenvalue weighted by Gasteiger charge is -2.19. The first-order valence-electron chi connectivity index (χ1n) is 9.51. The predicted octanol–water partition coefficient (Wildman–Crippen LogP) is 4.03. The van der Waals surface area contributed by atoms with Gasteiger partial charge < -0.3 is 19.9 Å². The molecule has 2 aromatic carbocycles. The Morgan fingerprint density at radius 1 is 1.13 bits per heavy atom. The lowest BCUT2D eigenvalue weighted by molar-refractivity contribution is -0.132. The van der Waals surface area contributed by atoms with E-state index in [-0.39, 0.29) is 17.9 Å². The highest BCUT2D eigenvalue weighted by atomic mass is 16.5. The first-order valence-corrected chi connectivity index (χ1v) is 9.51. The van der Waals surface area contributed by atoms with Crippen LogP contribution in [0.15, 0.2) is 48.6 Å². The van der Waals surface area contributed by atoms with Gasteiger partial charge in [-0.3, -0.25) is 4.79 Å². The number of esters is 2. The molecule has 0 saturated heterocycles. The van der Waals surface area contributed by atoms with Crippen molar-refractivity contribution < 1.29 is 23.8 Å². The predicted molar refractivity (Wildman–Crippen MR) is 118 cm³/mol. The zero-order valence-electron chi connectivity index (χ0n) is 17.6. The lowest BCUT2D eigenvalue weighted by atomic mass is 9.96. The summed E-state index contributed by atoms with van der Waals surface area (Å²) in [5, 5.41) is 0. The second-order valence-electron chi connectivity index (χ2n) is 6.72. The topological polar surface area (TPSA) is 87.9 Å². The fourth-order valence-electron chi connectivity index (χ4n) is 2.91. The molecular weight excluding hydrogens is 382 g/mol. The Morgan fingerprint density at radius 2 is 1.83 bits per heavy atom. The molecule has 0 unspecified atom stereocenters. The van der Waals surface area contributed by atoms with E-state index in [4.69, 9.17) is 19.9 Å². The minimum atomic E-state index is -0.664. The van der Waals surface area contributed by atoms with E-state index in [0.717, 1.165) is 11.1 Å². The van der Waals surface area contributed by atoms with Gasteiger partial charge in [-0.25, -0.2) is 4.79 Å². The van der Waals surface area contributed by atoms with Crippen LogP contribution in [0.2, 0.25) is 0 Å². The first kappa shape index (κ1) is 22.9.